The van der Waals surface area contributed by atoms with Crippen molar-refractivity contribution in [3.8, 4) is 0 Å². The lowest BCUT2D eigenvalue weighted by molar-refractivity contribution is -0.167. The molecule has 474 valence electrons. The van der Waals surface area contributed by atoms with Gasteiger partial charge in [-0.2, -0.15) is 0 Å². The zero-order valence-electron chi connectivity index (χ0n) is 54.4. The Kier molecular flexibility index (Phi) is 66.7. The fourth-order valence-electron chi connectivity index (χ4n) is 9.68. The molecule has 0 heterocycles. The van der Waals surface area contributed by atoms with Gasteiger partial charge >= 0.3 is 17.9 Å². The lowest BCUT2D eigenvalue weighted by Crippen LogP contribution is -2.30. The van der Waals surface area contributed by atoms with E-state index in [0.717, 1.165) is 122 Å². The summed E-state index contributed by atoms with van der Waals surface area (Å²) in [5, 5.41) is 0. The second kappa shape index (κ2) is 70.3. The second-order valence-corrected chi connectivity index (χ2v) is 23.1. The maximum atomic E-state index is 13.0. The lowest BCUT2D eigenvalue weighted by Gasteiger charge is -2.18. The van der Waals surface area contributed by atoms with Gasteiger partial charge in [0.2, 0.25) is 0 Å². The van der Waals surface area contributed by atoms with Crippen molar-refractivity contribution in [3.05, 3.63) is 122 Å². The Bertz CT molecular complexity index is 1700. The van der Waals surface area contributed by atoms with Crippen LogP contribution in [0.15, 0.2) is 122 Å². The van der Waals surface area contributed by atoms with Crippen LogP contribution < -0.4 is 0 Å². The van der Waals surface area contributed by atoms with Crippen LogP contribution in [-0.4, -0.2) is 37.2 Å². The van der Waals surface area contributed by atoms with Crippen molar-refractivity contribution in [2.24, 2.45) is 0 Å². The van der Waals surface area contributed by atoms with Crippen LogP contribution in [0.25, 0.3) is 0 Å². The summed E-state index contributed by atoms with van der Waals surface area (Å²) in [6.07, 6.45) is 97.8. The molecule has 0 aromatic heterocycles. The Morgan fingerprint density at radius 2 is 0.470 bits per heavy atom. The van der Waals surface area contributed by atoms with Gasteiger partial charge in [-0.1, -0.05) is 296 Å². The average Bonchev–Trinajstić information content (AvgIpc) is 3.49. The molecule has 6 heteroatoms. The maximum Gasteiger partial charge on any atom is 0.306 e. The molecule has 0 aliphatic heterocycles. The van der Waals surface area contributed by atoms with Crippen LogP contribution in [-0.2, 0) is 28.6 Å². The molecule has 0 rings (SSSR count). The molecule has 0 aliphatic carbocycles. The Morgan fingerprint density at radius 3 is 0.771 bits per heavy atom. The maximum absolute atomic E-state index is 13.0. The van der Waals surface area contributed by atoms with E-state index in [9.17, 15) is 14.4 Å². The first-order valence-electron chi connectivity index (χ1n) is 35.0. The minimum atomic E-state index is -0.793. The number of allylic oxidation sites excluding steroid dienone is 20. The van der Waals surface area contributed by atoms with Crippen molar-refractivity contribution in [3.63, 3.8) is 0 Å². The van der Waals surface area contributed by atoms with Crippen LogP contribution in [0.1, 0.15) is 329 Å². The van der Waals surface area contributed by atoms with Gasteiger partial charge < -0.3 is 14.2 Å². The first-order valence-corrected chi connectivity index (χ1v) is 35.0. The van der Waals surface area contributed by atoms with Crippen molar-refractivity contribution < 1.29 is 28.6 Å². The van der Waals surface area contributed by atoms with Gasteiger partial charge in [-0.15, -0.1) is 0 Å². The smallest absolute Gasteiger partial charge is 0.306 e. The predicted molar refractivity (Wildman–Crippen MR) is 362 cm³/mol. The Balaban J connectivity index is 4.37. The SMILES string of the molecule is CC/C=C\C/C=C\C/C=C\C/C=C\C/C=C\C/C=C\CCCCCCCCCCCCC(=O)OCC(COC(=O)CCCCCCCCC/C=C\CCCCCCCC)OC(=O)CCCCCCCC/C=C\C/C=C\C/C=C\CCCCC. The summed E-state index contributed by atoms with van der Waals surface area (Å²) in [4.78, 5) is 38.5. The van der Waals surface area contributed by atoms with Crippen molar-refractivity contribution in [1.82, 2.24) is 0 Å². The third kappa shape index (κ3) is 68.5. The molecule has 0 saturated heterocycles. The third-order valence-electron chi connectivity index (χ3n) is 14.9. The third-order valence-corrected chi connectivity index (χ3v) is 14.9. The molecule has 0 fully saturated rings. The molecule has 0 aromatic rings. The van der Waals surface area contributed by atoms with E-state index in [-0.39, 0.29) is 31.1 Å². The predicted octanol–water partition coefficient (Wildman–Crippen LogP) is 24.3. The number of hydrogen-bond acceptors (Lipinski definition) is 6. The molecular formula is C77H130O6. The van der Waals surface area contributed by atoms with Gasteiger partial charge in [-0.05, 0) is 135 Å². The fourth-order valence-corrected chi connectivity index (χ4v) is 9.68. The van der Waals surface area contributed by atoms with E-state index in [0.29, 0.717) is 19.3 Å². The first kappa shape index (κ1) is 78.8. The van der Waals surface area contributed by atoms with Gasteiger partial charge in [0.15, 0.2) is 6.10 Å². The molecule has 1 atom stereocenters. The minimum absolute atomic E-state index is 0.0873. The average molecular weight is 1150 g/mol. The van der Waals surface area contributed by atoms with E-state index in [1.54, 1.807) is 0 Å². The van der Waals surface area contributed by atoms with Crippen LogP contribution in [0.3, 0.4) is 0 Å². The van der Waals surface area contributed by atoms with Gasteiger partial charge in [-0.3, -0.25) is 14.4 Å². The van der Waals surface area contributed by atoms with E-state index < -0.39 is 6.10 Å². The summed E-state index contributed by atoms with van der Waals surface area (Å²) in [6, 6.07) is 0. The summed E-state index contributed by atoms with van der Waals surface area (Å²) in [7, 11) is 0. The Labute approximate surface area is 513 Å². The van der Waals surface area contributed by atoms with Crippen LogP contribution in [0, 0.1) is 0 Å². The Hall–Kier alpha value is -4.19. The molecule has 6 nitrogen and oxygen atoms in total. The summed E-state index contributed by atoms with van der Waals surface area (Å²) in [6.45, 7) is 6.51. The molecule has 0 spiro atoms. The zero-order chi connectivity index (χ0) is 59.9. The van der Waals surface area contributed by atoms with Gasteiger partial charge in [0.25, 0.3) is 0 Å². The summed E-state index contributed by atoms with van der Waals surface area (Å²) in [5.41, 5.74) is 0. The van der Waals surface area contributed by atoms with E-state index >= 15 is 0 Å². The fraction of sp³-hybridized carbons (Fsp3) is 0.701. The van der Waals surface area contributed by atoms with E-state index in [2.05, 4.69) is 142 Å². The van der Waals surface area contributed by atoms with Gasteiger partial charge in [0.1, 0.15) is 13.2 Å². The number of carbonyl (C=O) groups is 3. The minimum Gasteiger partial charge on any atom is -0.462 e. The normalized spacial score (nSPS) is 12.9. The molecule has 1 unspecified atom stereocenters. The van der Waals surface area contributed by atoms with Crippen LogP contribution >= 0.6 is 0 Å². The molecule has 0 saturated carbocycles. The molecule has 0 N–H and O–H groups in total. The van der Waals surface area contributed by atoms with Crippen molar-refractivity contribution in [2.75, 3.05) is 13.2 Å². The van der Waals surface area contributed by atoms with E-state index in [4.69, 9.17) is 14.2 Å². The highest BCUT2D eigenvalue weighted by Gasteiger charge is 2.19. The molecular weight excluding hydrogens is 1020 g/mol. The number of carbonyl (C=O) groups excluding carboxylic acids is 3. The van der Waals surface area contributed by atoms with Crippen LogP contribution in [0.4, 0.5) is 0 Å². The lowest BCUT2D eigenvalue weighted by atomic mass is 10.1. The molecule has 0 aromatic carbocycles. The number of ether oxygens (including phenoxy) is 3. The van der Waals surface area contributed by atoms with E-state index in [1.165, 1.54) is 167 Å². The second-order valence-electron chi connectivity index (χ2n) is 23.1. The number of esters is 3. The molecule has 0 aliphatic rings. The van der Waals surface area contributed by atoms with Crippen LogP contribution in [0.2, 0.25) is 0 Å². The van der Waals surface area contributed by atoms with Gasteiger partial charge in [0.05, 0.1) is 0 Å². The monoisotopic (exact) mass is 1150 g/mol. The molecule has 83 heavy (non-hydrogen) atoms. The number of hydrogen-bond donors (Lipinski definition) is 0. The highest BCUT2D eigenvalue weighted by atomic mass is 16.6. The number of rotatable bonds is 63. The first-order chi connectivity index (χ1) is 41.0. The summed E-state index contributed by atoms with van der Waals surface area (Å²) in [5.74, 6) is -0.898. The highest BCUT2D eigenvalue weighted by molar-refractivity contribution is 5.71. The molecule has 0 amide bonds. The van der Waals surface area contributed by atoms with Gasteiger partial charge in [-0.25, -0.2) is 0 Å². The van der Waals surface area contributed by atoms with Crippen molar-refractivity contribution in [2.45, 2.75) is 335 Å². The molecule has 0 bridgehead atoms. The Morgan fingerprint density at radius 1 is 0.253 bits per heavy atom. The largest absolute Gasteiger partial charge is 0.462 e. The highest BCUT2D eigenvalue weighted by Crippen LogP contribution is 2.16. The van der Waals surface area contributed by atoms with Crippen molar-refractivity contribution in [1.29, 1.82) is 0 Å². The quantitative estimate of drug-likeness (QED) is 0.0261. The van der Waals surface area contributed by atoms with E-state index in [1.807, 2.05) is 0 Å². The van der Waals surface area contributed by atoms with Gasteiger partial charge in [0, 0.05) is 19.3 Å². The van der Waals surface area contributed by atoms with Crippen molar-refractivity contribution >= 4 is 17.9 Å². The summed E-state index contributed by atoms with van der Waals surface area (Å²) < 4.78 is 17.0. The topological polar surface area (TPSA) is 78.9 Å². The summed E-state index contributed by atoms with van der Waals surface area (Å²) >= 11 is 0. The number of unbranched alkanes of at least 4 members (excludes halogenated alkanes) is 32. The van der Waals surface area contributed by atoms with Crippen LogP contribution in [0.5, 0.6) is 0 Å². The zero-order valence-corrected chi connectivity index (χ0v) is 54.4. The molecule has 0 radical (unpaired) electrons. The standard InChI is InChI=1S/C77H130O6/c1-4-7-10-13-16-19-22-25-28-31-33-34-35-36-37-38-39-40-41-42-44-46-49-52-55-58-61-64-67-70-76(79)82-73-74(72-81-75(78)69-66-63-60-57-54-51-48-45-30-27-24-21-18-15-12-9-6-3)83-77(80)71-68-65-62-59-56-53-50-47-43-32-29-26-23-20-17-14-11-8-5-2/h7,10,16-17,19-20,25-30,33-34,36-37,39-40,43,47,74H,4-6,8-9,11-15,18,21-24,31-32,35,38,41-42,44-46,48-73H2,1-3H3/b10-7-,19-16-,20-17-,28-25-,29-26-,30-27-,34-33-,37-36-,40-39-,47-43-.